The zero-order valence-corrected chi connectivity index (χ0v) is 12.1. The van der Waals surface area contributed by atoms with E-state index in [0.717, 1.165) is 17.3 Å². The number of rotatable bonds is 3. The highest BCUT2D eigenvalue weighted by Gasteiger charge is 2.15. The van der Waals surface area contributed by atoms with E-state index in [1.54, 1.807) is 36.7 Å². The Morgan fingerprint density at radius 3 is 2.82 bits per heavy atom. The lowest BCUT2D eigenvalue weighted by molar-refractivity contribution is -0.136. The van der Waals surface area contributed by atoms with Gasteiger partial charge in [-0.1, -0.05) is 12.1 Å². The Bertz CT molecular complexity index is 818. The number of anilines is 1. The van der Waals surface area contributed by atoms with Crippen molar-refractivity contribution in [3.8, 4) is 0 Å². The van der Waals surface area contributed by atoms with Gasteiger partial charge in [0.25, 0.3) is 0 Å². The maximum Gasteiger partial charge on any atom is 0.313 e. The quantitative estimate of drug-likeness (QED) is 0.711. The summed E-state index contributed by atoms with van der Waals surface area (Å²) >= 11 is 1.05. The molecule has 110 valence electrons. The van der Waals surface area contributed by atoms with E-state index >= 15 is 0 Å². The number of carbonyl (C=O) groups is 2. The number of amides is 2. The Hall–Kier alpha value is -2.87. The average Bonchev–Trinajstić information content (AvgIpc) is 3.03. The molecule has 0 aliphatic heterocycles. The van der Waals surface area contributed by atoms with Crippen molar-refractivity contribution in [1.82, 2.24) is 19.0 Å². The van der Waals surface area contributed by atoms with Gasteiger partial charge in [-0.25, -0.2) is 0 Å². The summed E-state index contributed by atoms with van der Waals surface area (Å²) in [5.41, 5.74) is 2.53. The largest absolute Gasteiger partial charge is 0.344 e. The standard InChI is InChI=1S/C14H11N5O2S/c20-13(16-8-9-3-2-6-15-7-9)14(21)17-10-4-1-5-11-12(10)19-22-18-11/h1-7H,8H2,(H,16,20)(H,17,21). The fraction of sp³-hybridized carbons (Fsp3) is 0.0714. The molecule has 22 heavy (non-hydrogen) atoms. The van der Waals surface area contributed by atoms with Gasteiger partial charge >= 0.3 is 11.8 Å². The first-order chi connectivity index (χ1) is 10.7. The summed E-state index contributed by atoms with van der Waals surface area (Å²) < 4.78 is 8.18. The molecule has 0 saturated heterocycles. The number of carbonyl (C=O) groups excluding carboxylic acids is 2. The van der Waals surface area contributed by atoms with E-state index in [1.807, 2.05) is 6.07 Å². The van der Waals surface area contributed by atoms with Crippen LogP contribution in [0.2, 0.25) is 0 Å². The van der Waals surface area contributed by atoms with Crippen LogP contribution in [0.25, 0.3) is 11.0 Å². The lowest BCUT2D eigenvalue weighted by Crippen LogP contribution is -2.35. The predicted octanol–water partition coefficient (Wildman–Crippen LogP) is 1.34. The van der Waals surface area contributed by atoms with Crippen molar-refractivity contribution in [2.45, 2.75) is 6.54 Å². The third-order valence-electron chi connectivity index (χ3n) is 2.92. The van der Waals surface area contributed by atoms with Crippen LogP contribution < -0.4 is 10.6 Å². The molecular weight excluding hydrogens is 302 g/mol. The van der Waals surface area contributed by atoms with Gasteiger partial charge in [0, 0.05) is 18.9 Å². The summed E-state index contributed by atoms with van der Waals surface area (Å²) in [4.78, 5) is 27.7. The highest BCUT2D eigenvalue weighted by molar-refractivity contribution is 7.00. The molecule has 0 bridgehead atoms. The summed E-state index contributed by atoms with van der Waals surface area (Å²) in [6.07, 6.45) is 3.26. The van der Waals surface area contributed by atoms with Crippen LogP contribution >= 0.6 is 11.7 Å². The fourth-order valence-corrected chi connectivity index (χ4v) is 2.40. The SMILES string of the molecule is O=C(NCc1cccnc1)C(=O)Nc1cccc2nsnc12. The van der Waals surface area contributed by atoms with Crippen molar-refractivity contribution in [2.75, 3.05) is 5.32 Å². The minimum Gasteiger partial charge on any atom is -0.344 e. The zero-order valence-electron chi connectivity index (χ0n) is 11.3. The topological polar surface area (TPSA) is 96.9 Å². The molecule has 3 aromatic rings. The molecule has 0 aliphatic carbocycles. The Labute approximate surface area is 129 Å². The molecule has 0 fully saturated rings. The third-order valence-corrected chi connectivity index (χ3v) is 3.46. The van der Waals surface area contributed by atoms with Gasteiger partial charge < -0.3 is 10.6 Å². The van der Waals surface area contributed by atoms with E-state index in [4.69, 9.17) is 0 Å². The van der Waals surface area contributed by atoms with E-state index in [2.05, 4.69) is 24.4 Å². The van der Waals surface area contributed by atoms with E-state index in [0.29, 0.717) is 16.7 Å². The van der Waals surface area contributed by atoms with E-state index in [1.165, 1.54) is 0 Å². The molecule has 2 aromatic heterocycles. The lowest BCUT2D eigenvalue weighted by Gasteiger charge is -2.06. The Balaban J connectivity index is 1.64. The summed E-state index contributed by atoms with van der Waals surface area (Å²) in [7, 11) is 0. The smallest absolute Gasteiger partial charge is 0.313 e. The maximum absolute atomic E-state index is 11.9. The zero-order chi connectivity index (χ0) is 15.4. The van der Waals surface area contributed by atoms with Crippen LogP contribution in [0.15, 0.2) is 42.7 Å². The summed E-state index contributed by atoms with van der Waals surface area (Å²) in [5.74, 6) is -1.46. The summed E-state index contributed by atoms with van der Waals surface area (Å²) in [6.45, 7) is 0.239. The van der Waals surface area contributed by atoms with Gasteiger partial charge in [0.05, 0.1) is 17.4 Å². The monoisotopic (exact) mass is 313 g/mol. The van der Waals surface area contributed by atoms with Gasteiger partial charge in [-0.2, -0.15) is 8.75 Å². The summed E-state index contributed by atoms with van der Waals surface area (Å²) in [5, 5.41) is 5.08. The molecule has 0 saturated carbocycles. The lowest BCUT2D eigenvalue weighted by atomic mass is 10.2. The van der Waals surface area contributed by atoms with Gasteiger partial charge in [-0.15, -0.1) is 0 Å². The molecule has 8 heteroatoms. The van der Waals surface area contributed by atoms with Gasteiger partial charge in [-0.05, 0) is 23.8 Å². The van der Waals surface area contributed by atoms with Gasteiger partial charge in [0.15, 0.2) is 0 Å². The van der Waals surface area contributed by atoms with Crippen molar-refractivity contribution >= 4 is 40.3 Å². The number of aromatic nitrogens is 3. The second-order valence-corrected chi connectivity index (χ2v) is 4.96. The van der Waals surface area contributed by atoms with Crippen molar-refractivity contribution in [3.05, 3.63) is 48.3 Å². The highest BCUT2D eigenvalue weighted by Crippen LogP contribution is 2.20. The van der Waals surface area contributed by atoms with E-state index in [9.17, 15) is 9.59 Å². The number of benzene rings is 1. The molecule has 0 spiro atoms. The van der Waals surface area contributed by atoms with Crippen LogP contribution in [0.3, 0.4) is 0 Å². The normalized spacial score (nSPS) is 10.4. The molecule has 2 heterocycles. The van der Waals surface area contributed by atoms with Crippen molar-refractivity contribution in [3.63, 3.8) is 0 Å². The predicted molar refractivity (Wildman–Crippen MR) is 82.1 cm³/mol. The molecular formula is C14H11N5O2S. The fourth-order valence-electron chi connectivity index (χ4n) is 1.85. The van der Waals surface area contributed by atoms with Crippen LogP contribution in [-0.4, -0.2) is 25.5 Å². The van der Waals surface area contributed by atoms with Crippen LogP contribution in [-0.2, 0) is 16.1 Å². The molecule has 0 radical (unpaired) electrons. The third kappa shape index (κ3) is 3.07. The first-order valence-corrected chi connectivity index (χ1v) is 7.16. The molecule has 0 unspecified atom stereocenters. The van der Waals surface area contributed by atoms with E-state index < -0.39 is 11.8 Å². The van der Waals surface area contributed by atoms with Crippen molar-refractivity contribution in [2.24, 2.45) is 0 Å². The highest BCUT2D eigenvalue weighted by atomic mass is 32.1. The van der Waals surface area contributed by atoms with Gasteiger partial charge in [-0.3, -0.25) is 14.6 Å². The minimum atomic E-state index is -0.746. The molecule has 2 amide bonds. The van der Waals surface area contributed by atoms with E-state index in [-0.39, 0.29) is 6.54 Å². The Morgan fingerprint density at radius 2 is 2.00 bits per heavy atom. The number of hydrogen-bond donors (Lipinski definition) is 2. The van der Waals surface area contributed by atoms with Crippen molar-refractivity contribution < 1.29 is 9.59 Å². The van der Waals surface area contributed by atoms with Crippen LogP contribution in [0, 0.1) is 0 Å². The molecule has 7 nitrogen and oxygen atoms in total. The number of nitrogens with zero attached hydrogens (tertiary/aromatic N) is 3. The minimum absolute atomic E-state index is 0.239. The molecule has 0 atom stereocenters. The second-order valence-electron chi connectivity index (χ2n) is 4.44. The molecule has 1 aromatic carbocycles. The average molecular weight is 313 g/mol. The molecule has 2 N–H and O–H groups in total. The Kier molecular flexibility index (Phi) is 4.01. The molecule has 0 aliphatic rings. The van der Waals surface area contributed by atoms with Crippen LogP contribution in [0.5, 0.6) is 0 Å². The first-order valence-electron chi connectivity index (χ1n) is 6.43. The number of hydrogen-bond acceptors (Lipinski definition) is 6. The maximum atomic E-state index is 11.9. The number of pyridine rings is 1. The summed E-state index contributed by atoms with van der Waals surface area (Å²) in [6, 6.07) is 8.78. The van der Waals surface area contributed by atoms with Crippen molar-refractivity contribution in [1.29, 1.82) is 0 Å². The van der Waals surface area contributed by atoms with Crippen LogP contribution in [0.4, 0.5) is 5.69 Å². The molecule has 3 rings (SSSR count). The van der Waals surface area contributed by atoms with Crippen LogP contribution in [0.1, 0.15) is 5.56 Å². The van der Waals surface area contributed by atoms with Gasteiger partial charge in [0.1, 0.15) is 11.0 Å². The Morgan fingerprint density at radius 1 is 1.09 bits per heavy atom. The van der Waals surface area contributed by atoms with Gasteiger partial charge in [0.2, 0.25) is 0 Å². The first kappa shape index (κ1) is 14.1. The number of nitrogens with one attached hydrogen (secondary N) is 2. The second kappa shape index (κ2) is 6.27. The number of fused-ring (bicyclic) bond motifs is 1.